The number of methoxy groups -OCH3 is 2. The van der Waals surface area contributed by atoms with Crippen molar-refractivity contribution in [2.45, 2.75) is 26.7 Å². The van der Waals surface area contributed by atoms with Crippen LogP contribution in [-0.2, 0) is 0 Å². The summed E-state index contributed by atoms with van der Waals surface area (Å²) >= 11 is 0. The number of ketones is 1. The number of rotatable bonds is 4. The van der Waals surface area contributed by atoms with Gasteiger partial charge in [0.15, 0.2) is 5.78 Å². The molecule has 0 aromatic heterocycles. The Kier molecular flexibility index (Phi) is 3.93. The lowest BCUT2D eigenvalue weighted by molar-refractivity contribution is 0.101. The van der Waals surface area contributed by atoms with Crippen molar-refractivity contribution in [2.24, 2.45) is 0 Å². The highest BCUT2D eigenvalue weighted by atomic mass is 16.5. The summed E-state index contributed by atoms with van der Waals surface area (Å²) in [4.78, 5) is 11.7. The molecular formula is C13H18O3. The Labute approximate surface area is 96.4 Å². The fourth-order valence-electron chi connectivity index (χ4n) is 1.86. The normalized spacial score (nSPS) is 10.4. The van der Waals surface area contributed by atoms with Crippen LogP contribution in [0.25, 0.3) is 0 Å². The van der Waals surface area contributed by atoms with E-state index >= 15 is 0 Å². The molecule has 0 aliphatic carbocycles. The molecule has 0 unspecified atom stereocenters. The molecule has 0 spiro atoms. The van der Waals surface area contributed by atoms with Crippen LogP contribution in [0.5, 0.6) is 11.5 Å². The van der Waals surface area contributed by atoms with Gasteiger partial charge in [0.05, 0.1) is 19.8 Å². The van der Waals surface area contributed by atoms with Gasteiger partial charge in [-0.3, -0.25) is 4.79 Å². The molecular weight excluding hydrogens is 204 g/mol. The molecule has 0 radical (unpaired) electrons. The molecule has 0 amide bonds. The molecule has 0 heterocycles. The lowest BCUT2D eigenvalue weighted by Gasteiger charge is -2.18. The smallest absolute Gasteiger partial charge is 0.163 e. The maximum absolute atomic E-state index is 11.7. The molecule has 0 aliphatic rings. The van der Waals surface area contributed by atoms with E-state index in [1.54, 1.807) is 27.2 Å². The highest BCUT2D eigenvalue weighted by Crippen LogP contribution is 2.35. The summed E-state index contributed by atoms with van der Waals surface area (Å²) in [6, 6.07) is 3.60. The number of hydrogen-bond acceptors (Lipinski definition) is 3. The Hall–Kier alpha value is -1.51. The Morgan fingerprint density at radius 2 is 1.62 bits per heavy atom. The zero-order valence-corrected chi connectivity index (χ0v) is 10.5. The number of ether oxygens (including phenoxy) is 2. The monoisotopic (exact) mass is 222 g/mol. The van der Waals surface area contributed by atoms with E-state index in [-0.39, 0.29) is 11.7 Å². The van der Waals surface area contributed by atoms with Gasteiger partial charge in [0.2, 0.25) is 0 Å². The van der Waals surface area contributed by atoms with Crippen LogP contribution in [0.15, 0.2) is 12.1 Å². The third kappa shape index (κ3) is 2.18. The van der Waals surface area contributed by atoms with Crippen molar-refractivity contribution in [3.05, 3.63) is 23.3 Å². The van der Waals surface area contributed by atoms with Gasteiger partial charge < -0.3 is 9.47 Å². The van der Waals surface area contributed by atoms with Gasteiger partial charge in [-0.05, 0) is 25.0 Å². The summed E-state index contributed by atoms with van der Waals surface area (Å²) in [5.74, 6) is 1.56. The molecule has 0 N–H and O–H groups in total. The Morgan fingerprint density at radius 3 is 2.00 bits per heavy atom. The van der Waals surface area contributed by atoms with E-state index in [0.717, 1.165) is 11.3 Å². The van der Waals surface area contributed by atoms with Crippen molar-refractivity contribution in [1.29, 1.82) is 0 Å². The van der Waals surface area contributed by atoms with Crippen LogP contribution in [0.4, 0.5) is 0 Å². The minimum absolute atomic E-state index is 0.000509. The Morgan fingerprint density at radius 1 is 1.12 bits per heavy atom. The van der Waals surface area contributed by atoms with Gasteiger partial charge in [-0.25, -0.2) is 0 Å². The quantitative estimate of drug-likeness (QED) is 0.734. The number of Topliss-reactive ketones (excluding diaryl/α,β-unsaturated/α-hetero) is 1. The van der Waals surface area contributed by atoms with Gasteiger partial charge >= 0.3 is 0 Å². The summed E-state index contributed by atoms with van der Waals surface area (Å²) < 4.78 is 10.5. The molecule has 1 aromatic rings. The summed E-state index contributed by atoms with van der Waals surface area (Å²) in [6.07, 6.45) is 0. The molecule has 3 heteroatoms. The highest BCUT2D eigenvalue weighted by Gasteiger charge is 2.20. The first-order valence-electron chi connectivity index (χ1n) is 5.28. The van der Waals surface area contributed by atoms with E-state index in [1.165, 1.54) is 0 Å². The molecule has 0 saturated heterocycles. The van der Waals surface area contributed by atoms with E-state index in [9.17, 15) is 4.79 Å². The van der Waals surface area contributed by atoms with Crippen molar-refractivity contribution in [1.82, 2.24) is 0 Å². The predicted octanol–water partition coefficient (Wildman–Crippen LogP) is 3.03. The van der Waals surface area contributed by atoms with Crippen molar-refractivity contribution in [3.8, 4) is 11.5 Å². The minimum Gasteiger partial charge on any atom is -0.496 e. The molecule has 0 aliphatic heterocycles. The first kappa shape index (κ1) is 12.6. The molecule has 0 bridgehead atoms. The van der Waals surface area contributed by atoms with Crippen LogP contribution in [0.1, 0.15) is 42.6 Å². The average molecular weight is 222 g/mol. The second kappa shape index (κ2) is 5.01. The second-order valence-electron chi connectivity index (χ2n) is 3.97. The first-order valence-corrected chi connectivity index (χ1v) is 5.28. The number of benzene rings is 1. The Balaban J connectivity index is 3.53. The standard InChI is InChI=1S/C13H18O3/c1-8(2)12-10(15-4)6-7-11(16-5)13(12)9(3)14/h6-8H,1-5H3. The van der Waals surface area contributed by atoms with E-state index in [1.807, 2.05) is 19.9 Å². The topological polar surface area (TPSA) is 35.5 Å². The van der Waals surface area contributed by atoms with Crippen LogP contribution in [0.3, 0.4) is 0 Å². The van der Waals surface area contributed by atoms with E-state index in [2.05, 4.69) is 0 Å². The van der Waals surface area contributed by atoms with Crippen LogP contribution < -0.4 is 9.47 Å². The van der Waals surface area contributed by atoms with Crippen molar-refractivity contribution in [3.63, 3.8) is 0 Å². The van der Waals surface area contributed by atoms with Gasteiger partial charge in [0, 0.05) is 5.56 Å². The van der Waals surface area contributed by atoms with Gasteiger partial charge in [-0.1, -0.05) is 13.8 Å². The molecule has 16 heavy (non-hydrogen) atoms. The average Bonchev–Trinajstić information content (AvgIpc) is 2.26. The molecule has 3 nitrogen and oxygen atoms in total. The van der Waals surface area contributed by atoms with Crippen LogP contribution >= 0.6 is 0 Å². The second-order valence-corrected chi connectivity index (χ2v) is 3.97. The minimum atomic E-state index is -0.000509. The summed E-state index contributed by atoms with van der Waals surface area (Å²) in [6.45, 7) is 5.61. The fourth-order valence-corrected chi connectivity index (χ4v) is 1.86. The third-order valence-electron chi connectivity index (χ3n) is 2.54. The highest BCUT2D eigenvalue weighted by molar-refractivity contribution is 5.99. The van der Waals surface area contributed by atoms with Gasteiger partial charge in [0.25, 0.3) is 0 Å². The number of hydrogen-bond donors (Lipinski definition) is 0. The van der Waals surface area contributed by atoms with Crippen LogP contribution in [0.2, 0.25) is 0 Å². The van der Waals surface area contributed by atoms with Gasteiger partial charge in [0.1, 0.15) is 11.5 Å². The van der Waals surface area contributed by atoms with Gasteiger partial charge in [-0.2, -0.15) is 0 Å². The van der Waals surface area contributed by atoms with Crippen LogP contribution in [-0.4, -0.2) is 20.0 Å². The van der Waals surface area contributed by atoms with Gasteiger partial charge in [-0.15, -0.1) is 0 Å². The van der Waals surface area contributed by atoms with Crippen molar-refractivity contribution in [2.75, 3.05) is 14.2 Å². The maximum Gasteiger partial charge on any atom is 0.163 e. The molecule has 1 aromatic carbocycles. The zero-order valence-electron chi connectivity index (χ0n) is 10.5. The SMILES string of the molecule is COc1ccc(OC)c(C(C)C)c1C(C)=O. The summed E-state index contributed by atoms with van der Waals surface area (Å²) in [7, 11) is 3.18. The third-order valence-corrected chi connectivity index (χ3v) is 2.54. The molecule has 0 fully saturated rings. The molecule has 1 rings (SSSR count). The lowest BCUT2D eigenvalue weighted by atomic mass is 9.93. The number of carbonyl (C=O) groups excluding carboxylic acids is 1. The summed E-state index contributed by atoms with van der Waals surface area (Å²) in [5.41, 5.74) is 1.53. The predicted molar refractivity (Wildman–Crippen MR) is 63.6 cm³/mol. The largest absolute Gasteiger partial charge is 0.496 e. The lowest BCUT2D eigenvalue weighted by Crippen LogP contribution is -2.06. The molecule has 0 saturated carbocycles. The maximum atomic E-state index is 11.7. The van der Waals surface area contributed by atoms with Crippen molar-refractivity contribution < 1.29 is 14.3 Å². The Bertz CT molecular complexity index is 394. The molecule has 88 valence electrons. The number of carbonyl (C=O) groups is 1. The first-order chi connectivity index (χ1) is 7.52. The fraction of sp³-hybridized carbons (Fsp3) is 0.462. The van der Waals surface area contributed by atoms with Crippen molar-refractivity contribution >= 4 is 5.78 Å². The van der Waals surface area contributed by atoms with E-state index < -0.39 is 0 Å². The van der Waals surface area contributed by atoms with E-state index in [4.69, 9.17) is 9.47 Å². The zero-order chi connectivity index (χ0) is 12.3. The molecule has 0 atom stereocenters. The summed E-state index contributed by atoms with van der Waals surface area (Å²) in [5, 5.41) is 0. The van der Waals surface area contributed by atoms with E-state index in [0.29, 0.717) is 11.3 Å². The van der Waals surface area contributed by atoms with Crippen LogP contribution in [0, 0.1) is 0 Å².